The molecule has 2 N–H and O–H groups in total. The normalized spacial score (nSPS) is 19.4. The maximum atomic E-state index is 11.8. The SMILES string of the molecule is CCC(CNS(=O)(=O)N1CCCC1)CC(=O)O. The number of carboxylic acids is 1. The van der Waals surface area contributed by atoms with E-state index in [1.165, 1.54) is 4.31 Å². The molecule has 100 valence electrons. The van der Waals surface area contributed by atoms with Crippen LogP contribution in [0, 0.1) is 5.92 Å². The number of nitrogens with zero attached hydrogens (tertiary/aromatic N) is 1. The molecule has 1 rings (SSSR count). The minimum atomic E-state index is -3.41. The van der Waals surface area contributed by atoms with Gasteiger partial charge in [0.05, 0.1) is 0 Å². The maximum absolute atomic E-state index is 11.8. The molecule has 0 bridgehead atoms. The zero-order valence-electron chi connectivity index (χ0n) is 10.1. The summed E-state index contributed by atoms with van der Waals surface area (Å²) < 4.78 is 27.5. The molecular formula is C10H20N2O4S. The molecule has 0 spiro atoms. The van der Waals surface area contributed by atoms with Crippen LogP contribution in [0.5, 0.6) is 0 Å². The van der Waals surface area contributed by atoms with Gasteiger partial charge in [-0.2, -0.15) is 12.7 Å². The fourth-order valence-corrected chi connectivity index (χ4v) is 3.22. The van der Waals surface area contributed by atoms with Crippen LogP contribution in [0.2, 0.25) is 0 Å². The van der Waals surface area contributed by atoms with Gasteiger partial charge in [-0.3, -0.25) is 4.79 Å². The maximum Gasteiger partial charge on any atom is 0.303 e. The van der Waals surface area contributed by atoms with E-state index >= 15 is 0 Å². The standard InChI is InChI=1S/C10H20N2O4S/c1-2-9(7-10(13)14)8-11-17(15,16)12-5-3-4-6-12/h9,11H,2-8H2,1H3,(H,13,14). The summed E-state index contributed by atoms with van der Waals surface area (Å²) >= 11 is 0. The van der Waals surface area contributed by atoms with Crippen molar-refractivity contribution < 1.29 is 18.3 Å². The Morgan fingerprint density at radius 2 is 2.00 bits per heavy atom. The van der Waals surface area contributed by atoms with Gasteiger partial charge in [-0.1, -0.05) is 13.3 Å². The molecule has 1 aliphatic rings. The van der Waals surface area contributed by atoms with Crippen LogP contribution >= 0.6 is 0 Å². The van der Waals surface area contributed by atoms with Crippen molar-refractivity contribution in [2.45, 2.75) is 32.6 Å². The second-order valence-electron chi connectivity index (χ2n) is 4.33. The number of carboxylic acid groups (broad SMARTS) is 1. The monoisotopic (exact) mass is 264 g/mol. The smallest absolute Gasteiger partial charge is 0.303 e. The van der Waals surface area contributed by atoms with Crippen LogP contribution in [0.15, 0.2) is 0 Å². The molecule has 0 aliphatic carbocycles. The molecule has 0 aromatic rings. The van der Waals surface area contributed by atoms with E-state index in [4.69, 9.17) is 5.11 Å². The minimum absolute atomic E-state index is 0.000972. The highest BCUT2D eigenvalue weighted by atomic mass is 32.2. The Bertz CT molecular complexity index is 349. The first-order valence-corrected chi connectivity index (χ1v) is 7.36. The molecular weight excluding hydrogens is 244 g/mol. The Morgan fingerprint density at radius 1 is 1.41 bits per heavy atom. The van der Waals surface area contributed by atoms with Gasteiger partial charge in [0.2, 0.25) is 0 Å². The third-order valence-electron chi connectivity index (χ3n) is 3.00. The van der Waals surface area contributed by atoms with Gasteiger partial charge >= 0.3 is 5.97 Å². The zero-order valence-corrected chi connectivity index (χ0v) is 10.9. The van der Waals surface area contributed by atoms with Gasteiger partial charge < -0.3 is 5.11 Å². The molecule has 0 amide bonds. The fraction of sp³-hybridized carbons (Fsp3) is 0.900. The van der Waals surface area contributed by atoms with E-state index in [-0.39, 0.29) is 18.9 Å². The van der Waals surface area contributed by atoms with Gasteiger partial charge in [-0.15, -0.1) is 0 Å². The van der Waals surface area contributed by atoms with Gasteiger partial charge in [0.25, 0.3) is 10.2 Å². The summed E-state index contributed by atoms with van der Waals surface area (Å²) in [6, 6.07) is 0. The molecule has 1 aliphatic heterocycles. The molecule has 6 nitrogen and oxygen atoms in total. The van der Waals surface area contributed by atoms with E-state index < -0.39 is 16.2 Å². The van der Waals surface area contributed by atoms with Crippen LogP contribution in [0.1, 0.15) is 32.6 Å². The molecule has 1 heterocycles. The van der Waals surface area contributed by atoms with Gasteiger partial charge in [-0.25, -0.2) is 4.72 Å². The summed E-state index contributed by atoms with van der Waals surface area (Å²) in [5.41, 5.74) is 0. The van der Waals surface area contributed by atoms with Crippen LogP contribution in [0.3, 0.4) is 0 Å². The van der Waals surface area contributed by atoms with E-state index in [0.29, 0.717) is 19.5 Å². The van der Waals surface area contributed by atoms with E-state index in [9.17, 15) is 13.2 Å². The highest BCUT2D eigenvalue weighted by Gasteiger charge is 2.25. The largest absolute Gasteiger partial charge is 0.481 e. The number of hydrogen-bond acceptors (Lipinski definition) is 3. The van der Waals surface area contributed by atoms with Crippen molar-refractivity contribution in [1.29, 1.82) is 0 Å². The van der Waals surface area contributed by atoms with Crippen molar-refractivity contribution in [3.05, 3.63) is 0 Å². The van der Waals surface area contributed by atoms with Crippen molar-refractivity contribution in [3.8, 4) is 0 Å². The Kier molecular flexibility index (Phi) is 5.35. The number of hydrogen-bond donors (Lipinski definition) is 2. The fourth-order valence-electron chi connectivity index (χ4n) is 1.85. The van der Waals surface area contributed by atoms with E-state index in [2.05, 4.69) is 4.72 Å². The highest BCUT2D eigenvalue weighted by Crippen LogP contribution is 2.13. The van der Waals surface area contributed by atoms with Crippen molar-refractivity contribution in [3.63, 3.8) is 0 Å². The molecule has 7 heteroatoms. The summed E-state index contributed by atoms with van der Waals surface area (Å²) in [4.78, 5) is 10.6. The summed E-state index contributed by atoms with van der Waals surface area (Å²) in [6.07, 6.45) is 2.44. The van der Waals surface area contributed by atoms with Crippen molar-refractivity contribution >= 4 is 16.2 Å². The Hall–Kier alpha value is -0.660. The minimum Gasteiger partial charge on any atom is -0.481 e. The first-order valence-electron chi connectivity index (χ1n) is 5.92. The summed E-state index contributed by atoms with van der Waals surface area (Å²) in [5, 5.41) is 8.67. The number of carbonyl (C=O) groups is 1. The Labute approximate surface area is 102 Å². The summed E-state index contributed by atoms with van der Waals surface area (Å²) in [6.45, 7) is 3.18. The number of rotatable bonds is 7. The average molecular weight is 264 g/mol. The lowest BCUT2D eigenvalue weighted by Gasteiger charge is -2.19. The topological polar surface area (TPSA) is 86.7 Å². The van der Waals surface area contributed by atoms with Crippen LogP contribution in [0.4, 0.5) is 0 Å². The third kappa shape index (κ3) is 4.61. The molecule has 1 unspecified atom stereocenters. The lowest BCUT2D eigenvalue weighted by Crippen LogP contribution is -2.41. The Balaban J connectivity index is 2.44. The lowest BCUT2D eigenvalue weighted by atomic mass is 10.0. The van der Waals surface area contributed by atoms with E-state index in [1.54, 1.807) is 0 Å². The van der Waals surface area contributed by atoms with Gasteiger partial charge in [0, 0.05) is 26.1 Å². The van der Waals surface area contributed by atoms with Crippen LogP contribution in [-0.4, -0.2) is 43.4 Å². The Morgan fingerprint density at radius 3 is 2.47 bits per heavy atom. The quantitative estimate of drug-likeness (QED) is 0.697. The molecule has 0 aromatic heterocycles. The predicted molar refractivity (Wildman–Crippen MR) is 63.8 cm³/mol. The molecule has 0 aromatic carbocycles. The van der Waals surface area contributed by atoms with Crippen LogP contribution < -0.4 is 4.72 Å². The second kappa shape index (κ2) is 6.32. The van der Waals surface area contributed by atoms with E-state index in [0.717, 1.165) is 12.8 Å². The molecule has 17 heavy (non-hydrogen) atoms. The van der Waals surface area contributed by atoms with Crippen LogP contribution in [0.25, 0.3) is 0 Å². The first kappa shape index (κ1) is 14.4. The summed E-state index contributed by atoms with van der Waals surface area (Å²) in [5.74, 6) is -1.04. The third-order valence-corrected chi connectivity index (χ3v) is 4.58. The lowest BCUT2D eigenvalue weighted by molar-refractivity contribution is -0.138. The average Bonchev–Trinajstić information content (AvgIpc) is 2.77. The van der Waals surface area contributed by atoms with Gasteiger partial charge in [0.1, 0.15) is 0 Å². The van der Waals surface area contributed by atoms with Crippen molar-refractivity contribution in [2.75, 3.05) is 19.6 Å². The first-order chi connectivity index (χ1) is 7.95. The predicted octanol–water partition coefficient (Wildman–Crippen LogP) is 0.418. The molecule has 0 radical (unpaired) electrons. The summed E-state index contributed by atoms with van der Waals surface area (Å²) in [7, 11) is -3.41. The number of aliphatic carboxylic acids is 1. The highest BCUT2D eigenvalue weighted by molar-refractivity contribution is 7.87. The van der Waals surface area contributed by atoms with Crippen molar-refractivity contribution in [2.24, 2.45) is 5.92 Å². The zero-order chi connectivity index (χ0) is 12.9. The molecule has 1 atom stereocenters. The molecule has 1 fully saturated rings. The number of nitrogens with one attached hydrogen (secondary N) is 1. The van der Waals surface area contributed by atoms with Gasteiger partial charge in [-0.05, 0) is 18.8 Å². The van der Waals surface area contributed by atoms with Crippen molar-refractivity contribution in [1.82, 2.24) is 9.03 Å². The van der Waals surface area contributed by atoms with E-state index in [1.807, 2.05) is 6.92 Å². The molecule has 0 saturated carbocycles. The van der Waals surface area contributed by atoms with Crippen LogP contribution in [-0.2, 0) is 15.0 Å². The molecule has 1 saturated heterocycles. The second-order valence-corrected chi connectivity index (χ2v) is 6.09. The van der Waals surface area contributed by atoms with Gasteiger partial charge in [0.15, 0.2) is 0 Å².